The number of nitrogens with two attached hydrogens (primary N) is 1. The van der Waals surface area contributed by atoms with Gasteiger partial charge in [-0.2, -0.15) is 0 Å². The third-order valence-electron chi connectivity index (χ3n) is 3.20. The van der Waals surface area contributed by atoms with Crippen molar-refractivity contribution in [2.24, 2.45) is 11.7 Å². The molecule has 3 N–H and O–H groups in total. The highest BCUT2D eigenvalue weighted by Crippen LogP contribution is 2.16. The van der Waals surface area contributed by atoms with Gasteiger partial charge in [0.2, 0.25) is 10.0 Å². The molecule has 0 aliphatic rings. The molecule has 0 heterocycles. The average Bonchev–Trinajstić information content (AvgIpc) is 2.45. The molecule has 1 rings (SSSR count). The lowest BCUT2D eigenvalue weighted by atomic mass is 10.0. The largest absolute Gasteiger partial charge is 0.497 e. The Morgan fingerprint density at radius 3 is 2.40 bits per heavy atom. The van der Waals surface area contributed by atoms with Gasteiger partial charge >= 0.3 is 0 Å². The number of benzene rings is 1. The molecule has 0 aliphatic carbocycles. The fourth-order valence-electron chi connectivity index (χ4n) is 2.06. The zero-order chi connectivity index (χ0) is 15.0. The summed E-state index contributed by atoms with van der Waals surface area (Å²) < 4.78 is 32.0. The number of nitrogens with one attached hydrogen (secondary N) is 1. The van der Waals surface area contributed by atoms with Crippen LogP contribution in [0.3, 0.4) is 0 Å². The molecule has 1 unspecified atom stereocenters. The van der Waals surface area contributed by atoms with Crippen LogP contribution in [-0.2, 0) is 10.0 Å². The first kappa shape index (κ1) is 16.9. The molecule has 0 aliphatic heterocycles. The Bertz CT molecular complexity index is 480. The van der Waals surface area contributed by atoms with Crippen LogP contribution in [0.4, 0.5) is 0 Å². The normalized spacial score (nSPS) is 13.2. The van der Waals surface area contributed by atoms with Gasteiger partial charge < -0.3 is 10.5 Å². The Morgan fingerprint density at radius 1 is 1.25 bits per heavy atom. The maximum atomic E-state index is 12.2. The van der Waals surface area contributed by atoms with Crippen LogP contribution in [0.1, 0.15) is 26.2 Å². The van der Waals surface area contributed by atoms with Crippen molar-refractivity contribution in [2.45, 2.75) is 31.1 Å². The van der Waals surface area contributed by atoms with Crippen molar-refractivity contribution in [1.29, 1.82) is 0 Å². The molecule has 20 heavy (non-hydrogen) atoms. The summed E-state index contributed by atoms with van der Waals surface area (Å²) in [5.74, 6) is 0.925. The van der Waals surface area contributed by atoms with Crippen molar-refractivity contribution < 1.29 is 13.2 Å². The molecule has 1 aromatic carbocycles. The van der Waals surface area contributed by atoms with E-state index in [1.807, 2.05) is 0 Å². The second-order valence-corrected chi connectivity index (χ2v) is 6.53. The minimum absolute atomic E-state index is 0.251. The minimum atomic E-state index is -3.46. The van der Waals surface area contributed by atoms with E-state index < -0.39 is 10.0 Å². The fraction of sp³-hybridized carbons (Fsp3) is 0.571. The Hall–Kier alpha value is -1.11. The van der Waals surface area contributed by atoms with Crippen molar-refractivity contribution in [3.8, 4) is 5.75 Å². The zero-order valence-electron chi connectivity index (χ0n) is 12.1. The Balaban J connectivity index is 2.68. The molecule has 6 heteroatoms. The van der Waals surface area contributed by atoms with Gasteiger partial charge in [0.15, 0.2) is 0 Å². The summed E-state index contributed by atoms with van der Waals surface area (Å²) in [6, 6.07) is 6.35. The summed E-state index contributed by atoms with van der Waals surface area (Å²) in [5, 5.41) is 0. The van der Waals surface area contributed by atoms with E-state index >= 15 is 0 Å². The lowest BCUT2D eigenvalue weighted by Crippen LogP contribution is -2.30. The summed E-state index contributed by atoms with van der Waals surface area (Å²) in [7, 11) is -1.92. The van der Waals surface area contributed by atoms with E-state index in [2.05, 4.69) is 11.6 Å². The van der Waals surface area contributed by atoms with Crippen molar-refractivity contribution in [1.82, 2.24) is 4.72 Å². The fourth-order valence-corrected chi connectivity index (χ4v) is 3.17. The molecule has 0 saturated carbocycles. The van der Waals surface area contributed by atoms with E-state index in [4.69, 9.17) is 10.5 Å². The number of methoxy groups -OCH3 is 1. The van der Waals surface area contributed by atoms with Crippen LogP contribution in [0.5, 0.6) is 5.75 Å². The molecule has 0 amide bonds. The van der Waals surface area contributed by atoms with Crippen molar-refractivity contribution >= 4 is 10.0 Å². The Labute approximate surface area is 121 Å². The molecule has 0 fully saturated rings. The van der Waals surface area contributed by atoms with E-state index in [9.17, 15) is 8.42 Å². The van der Waals surface area contributed by atoms with E-state index in [0.717, 1.165) is 19.3 Å². The molecule has 0 bridgehead atoms. The smallest absolute Gasteiger partial charge is 0.240 e. The predicted molar refractivity (Wildman–Crippen MR) is 80.3 cm³/mol. The molecule has 114 valence electrons. The summed E-state index contributed by atoms with van der Waals surface area (Å²) in [6.45, 7) is 3.09. The van der Waals surface area contributed by atoms with E-state index in [0.29, 0.717) is 18.8 Å². The molecule has 0 saturated heterocycles. The lowest BCUT2D eigenvalue weighted by Gasteiger charge is -2.16. The first-order valence-corrected chi connectivity index (χ1v) is 8.35. The highest BCUT2D eigenvalue weighted by Gasteiger charge is 2.16. The second-order valence-electron chi connectivity index (χ2n) is 4.76. The number of rotatable bonds is 9. The van der Waals surface area contributed by atoms with Crippen LogP contribution in [0, 0.1) is 5.92 Å². The average molecular weight is 300 g/mol. The highest BCUT2D eigenvalue weighted by atomic mass is 32.2. The Morgan fingerprint density at radius 2 is 1.90 bits per heavy atom. The summed E-state index contributed by atoms with van der Waals surface area (Å²) in [4.78, 5) is 0.251. The van der Waals surface area contributed by atoms with E-state index in [1.165, 1.54) is 0 Å². The number of hydrogen-bond acceptors (Lipinski definition) is 4. The molecular formula is C14H24N2O3S. The summed E-state index contributed by atoms with van der Waals surface area (Å²) >= 11 is 0. The van der Waals surface area contributed by atoms with Crippen LogP contribution in [0.15, 0.2) is 29.2 Å². The molecule has 5 nitrogen and oxygen atoms in total. The SMILES string of the molecule is CCCC(CCN)CNS(=O)(=O)c1ccc(OC)cc1. The molecule has 0 radical (unpaired) electrons. The maximum Gasteiger partial charge on any atom is 0.240 e. The van der Waals surface area contributed by atoms with Gasteiger partial charge in [0.25, 0.3) is 0 Å². The van der Waals surface area contributed by atoms with Crippen LogP contribution < -0.4 is 15.2 Å². The predicted octanol–water partition coefficient (Wildman–Crippen LogP) is 1.74. The molecule has 0 aromatic heterocycles. The standard InChI is InChI=1S/C14H24N2O3S/c1-3-4-12(9-10-15)11-16-20(17,18)14-7-5-13(19-2)6-8-14/h5-8,12,16H,3-4,9-11,15H2,1-2H3. The third-order valence-corrected chi connectivity index (χ3v) is 4.64. The topological polar surface area (TPSA) is 81.4 Å². The van der Waals surface area contributed by atoms with Gasteiger partial charge in [0, 0.05) is 6.54 Å². The molecule has 1 aromatic rings. The van der Waals surface area contributed by atoms with Crippen LogP contribution in [-0.4, -0.2) is 28.6 Å². The maximum absolute atomic E-state index is 12.2. The minimum Gasteiger partial charge on any atom is -0.497 e. The first-order valence-electron chi connectivity index (χ1n) is 6.87. The van der Waals surface area contributed by atoms with Gasteiger partial charge in [0.05, 0.1) is 12.0 Å². The summed E-state index contributed by atoms with van der Waals surface area (Å²) in [6.07, 6.45) is 2.83. The Kier molecular flexibility index (Phi) is 6.98. The summed E-state index contributed by atoms with van der Waals surface area (Å²) in [5.41, 5.74) is 5.55. The second kappa shape index (κ2) is 8.24. The zero-order valence-corrected chi connectivity index (χ0v) is 12.9. The van der Waals surface area contributed by atoms with Crippen LogP contribution in [0.25, 0.3) is 0 Å². The van der Waals surface area contributed by atoms with Gasteiger partial charge in [-0.15, -0.1) is 0 Å². The van der Waals surface area contributed by atoms with Gasteiger partial charge in [0.1, 0.15) is 5.75 Å². The van der Waals surface area contributed by atoms with Gasteiger partial charge in [-0.3, -0.25) is 0 Å². The van der Waals surface area contributed by atoms with E-state index in [-0.39, 0.29) is 10.8 Å². The lowest BCUT2D eigenvalue weighted by molar-refractivity contribution is 0.414. The number of ether oxygens (including phenoxy) is 1. The quantitative estimate of drug-likeness (QED) is 0.728. The number of sulfonamides is 1. The third kappa shape index (κ3) is 5.11. The monoisotopic (exact) mass is 300 g/mol. The first-order chi connectivity index (χ1) is 9.53. The van der Waals surface area contributed by atoms with Crippen LogP contribution >= 0.6 is 0 Å². The van der Waals surface area contributed by atoms with Crippen LogP contribution in [0.2, 0.25) is 0 Å². The van der Waals surface area contributed by atoms with Crippen molar-refractivity contribution in [3.63, 3.8) is 0 Å². The van der Waals surface area contributed by atoms with Crippen molar-refractivity contribution in [3.05, 3.63) is 24.3 Å². The number of hydrogen-bond donors (Lipinski definition) is 2. The molecular weight excluding hydrogens is 276 g/mol. The van der Waals surface area contributed by atoms with Crippen molar-refractivity contribution in [2.75, 3.05) is 20.2 Å². The molecule has 0 spiro atoms. The highest BCUT2D eigenvalue weighted by molar-refractivity contribution is 7.89. The van der Waals surface area contributed by atoms with Gasteiger partial charge in [-0.05, 0) is 49.6 Å². The van der Waals surface area contributed by atoms with Gasteiger partial charge in [-0.1, -0.05) is 13.3 Å². The van der Waals surface area contributed by atoms with E-state index in [1.54, 1.807) is 31.4 Å². The van der Waals surface area contributed by atoms with Gasteiger partial charge in [-0.25, -0.2) is 13.1 Å². The molecule has 1 atom stereocenters.